The topological polar surface area (TPSA) is 86.7 Å². The number of carboxylic acid groups (broad SMARTS) is 1. The minimum Gasteiger partial charge on any atom is -0.477 e. The molecule has 0 bridgehead atoms. The first kappa shape index (κ1) is 13.2. The lowest BCUT2D eigenvalue weighted by molar-refractivity contribution is -0.150. The average Bonchev–Trinajstić information content (AvgIpc) is 2.34. The smallest absolute Gasteiger partial charge is 0.352 e. The SMILES string of the molecule is CC1=C(C(=O)O)N2C(=O)C(NC(=O)CCl)[C@@H]2SC1. The number of nitrogens with one attached hydrogen (secondary N) is 1. The molecule has 0 radical (unpaired) electrons. The fourth-order valence-corrected chi connectivity index (χ4v) is 3.36. The van der Waals surface area contributed by atoms with Crippen molar-refractivity contribution in [2.45, 2.75) is 18.3 Å². The number of carbonyl (C=O) groups is 3. The molecule has 0 aromatic rings. The van der Waals surface area contributed by atoms with Gasteiger partial charge in [0.25, 0.3) is 5.91 Å². The van der Waals surface area contributed by atoms with Gasteiger partial charge in [0.2, 0.25) is 5.91 Å². The van der Waals surface area contributed by atoms with Crippen molar-refractivity contribution in [3.05, 3.63) is 11.3 Å². The number of amides is 2. The Kier molecular flexibility index (Phi) is 3.54. The van der Waals surface area contributed by atoms with Crippen molar-refractivity contribution in [2.24, 2.45) is 0 Å². The molecule has 0 saturated carbocycles. The summed E-state index contributed by atoms with van der Waals surface area (Å²) in [6.45, 7) is 1.69. The van der Waals surface area contributed by atoms with Crippen molar-refractivity contribution in [1.82, 2.24) is 10.2 Å². The number of fused-ring (bicyclic) bond motifs is 1. The Morgan fingerprint density at radius 3 is 2.83 bits per heavy atom. The van der Waals surface area contributed by atoms with E-state index in [9.17, 15) is 14.4 Å². The van der Waals surface area contributed by atoms with Crippen LogP contribution in [0.5, 0.6) is 0 Å². The number of hydrogen-bond acceptors (Lipinski definition) is 4. The maximum Gasteiger partial charge on any atom is 0.352 e. The van der Waals surface area contributed by atoms with Gasteiger partial charge in [-0.3, -0.25) is 14.5 Å². The fraction of sp³-hybridized carbons (Fsp3) is 0.500. The first-order valence-electron chi connectivity index (χ1n) is 5.20. The molecule has 1 fully saturated rings. The van der Waals surface area contributed by atoms with Gasteiger partial charge in [0.05, 0.1) is 0 Å². The zero-order valence-electron chi connectivity index (χ0n) is 9.47. The van der Waals surface area contributed by atoms with E-state index < -0.39 is 23.8 Å². The van der Waals surface area contributed by atoms with Crippen molar-refractivity contribution in [3.8, 4) is 0 Å². The molecular weight excluding hydrogens is 280 g/mol. The van der Waals surface area contributed by atoms with E-state index in [1.807, 2.05) is 0 Å². The normalized spacial score (nSPS) is 26.6. The molecule has 6 nitrogen and oxygen atoms in total. The minimum absolute atomic E-state index is 0.0279. The van der Waals surface area contributed by atoms with E-state index in [0.717, 1.165) is 0 Å². The van der Waals surface area contributed by atoms with Crippen LogP contribution in [0, 0.1) is 0 Å². The van der Waals surface area contributed by atoms with Gasteiger partial charge < -0.3 is 10.4 Å². The second kappa shape index (κ2) is 4.81. The summed E-state index contributed by atoms with van der Waals surface area (Å²) in [5.41, 5.74) is 0.680. The molecule has 0 spiro atoms. The highest BCUT2D eigenvalue weighted by Gasteiger charge is 2.53. The second-order valence-corrected chi connectivity index (χ2v) is 5.39. The van der Waals surface area contributed by atoms with Crippen LogP contribution in [0.25, 0.3) is 0 Å². The van der Waals surface area contributed by atoms with E-state index in [0.29, 0.717) is 11.3 Å². The van der Waals surface area contributed by atoms with Crippen molar-refractivity contribution < 1.29 is 19.5 Å². The van der Waals surface area contributed by atoms with Gasteiger partial charge in [0.1, 0.15) is 23.0 Å². The molecule has 2 atom stereocenters. The lowest BCUT2D eigenvalue weighted by atomic mass is 10.0. The Bertz CT molecular complexity index is 465. The van der Waals surface area contributed by atoms with Gasteiger partial charge in [-0.25, -0.2) is 4.79 Å². The molecule has 1 saturated heterocycles. The highest BCUT2D eigenvalue weighted by molar-refractivity contribution is 8.00. The second-order valence-electron chi connectivity index (χ2n) is 4.02. The van der Waals surface area contributed by atoms with Crippen LogP contribution >= 0.6 is 23.4 Å². The monoisotopic (exact) mass is 290 g/mol. The van der Waals surface area contributed by atoms with Gasteiger partial charge in [-0.15, -0.1) is 23.4 Å². The molecule has 2 aliphatic rings. The number of alkyl halides is 1. The van der Waals surface area contributed by atoms with Gasteiger partial charge in [0.15, 0.2) is 0 Å². The van der Waals surface area contributed by atoms with Crippen LogP contribution in [0.15, 0.2) is 11.3 Å². The fourth-order valence-electron chi connectivity index (χ4n) is 1.99. The van der Waals surface area contributed by atoms with E-state index >= 15 is 0 Å². The summed E-state index contributed by atoms with van der Waals surface area (Å²) in [4.78, 5) is 35.4. The minimum atomic E-state index is -1.12. The molecule has 2 amide bonds. The third-order valence-corrected chi connectivity index (χ3v) is 4.47. The highest BCUT2D eigenvalue weighted by Crippen LogP contribution is 2.39. The van der Waals surface area contributed by atoms with Crippen LogP contribution in [0.1, 0.15) is 6.92 Å². The summed E-state index contributed by atoms with van der Waals surface area (Å²) in [7, 11) is 0. The molecule has 0 aromatic carbocycles. The van der Waals surface area contributed by atoms with Crippen molar-refractivity contribution in [1.29, 1.82) is 0 Å². The number of thioether (sulfide) groups is 1. The lowest BCUT2D eigenvalue weighted by Crippen LogP contribution is -2.70. The third-order valence-electron chi connectivity index (χ3n) is 2.80. The standard InChI is InChI=1S/C10H11ClN2O4S/c1-4-3-18-9-6(12-5(14)2-11)8(15)13(9)7(4)10(16)17/h6,9H,2-3H2,1H3,(H,12,14)(H,16,17)/t6?,9-/m0/s1. The van der Waals surface area contributed by atoms with Gasteiger partial charge in [-0.05, 0) is 12.5 Å². The van der Waals surface area contributed by atoms with E-state index in [4.69, 9.17) is 16.7 Å². The van der Waals surface area contributed by atoms with Gasteiger partial charge in [-0.2, -0.15) is 0 Å². The Morgan fingerprint density at radius 2 is 2.28 bits per heavy atom. The molecule has 1 unspecified atom stereocenters. The van der Waals surface area contributed by atoms with Crippen molar-refractivity contribution in [3.63, 3.8) is 0 Å². The maximum atomic E-state index is 11.9. The van der Waals surface area contributed by atoms with Crippen LogP contribution in [-0.4, -0.2) is 50.8 Å². The molecule has 2 rings (SSSR count). The van der Waals surface area contributed by atoms with Crippen molar-refractivity contribution >= 4 is 41.1 Å². The van der Waals surface area contributed by atoms with E-state index in [-0.39, 0.29) is 17.0 Å². The van der Waals surface area contributed by atoms with Crippen LogP contribution in [-0.2, 0) is 14.4 Å². The van der Waals surface area contributed by atoms with E-state index in [2.05, 4.69) is 5.32 Å². The number of nitrogens with zero attached hydrogens (tertiary/aromatic N) is 1. The molecule has 0 aromatic heterocycles. The summed E-state index contributed by atoms with van der Waals surface area (Å²) in [5, 5.41) is 11.2. The largest absolute Gasteiger partial charge is 0.477 e. The van der Waals surface area contributed by atoms with Crippen LogP contribution in [0.4, 0.5) is 0 Å². The number of carboxylic acids is 1. The van der Waals surface area contributed by atoms with Crippen molar-refractivity contribution in [2.75, 3.05) is 11.6 Å². The number of rotatable bonds is 3. The molecule has 2 heterocycles. The molecule has 98 valence electrons. The van der Waals surface area contributed by atoms with Gasteiger partial charge in [-0.1, -0.05) is 0 Å². The number of hydrogen-bond donors (Lipinski definition) is 2. The number of β-lactam (4-membered cyclic amide) rings is 1. The summed E-state index contributed by atoms with van der Waals surface area (Å²) in [6, 6.07) is -0.677. The molecular formula is C10H11ClN2O4S. The molecule has 2 aliphatic heterocycles. The predicted molar refractivity (Wildman–Crippen MR) is 66.1 cm³/mol. The molecule has 8 heteroatoms. The predicted octanol–water partition coefficient (Wildman–Crippen LogP) is -0.0163. The zero-order chi connectivity index (χ0) is 13.4. The number of aliphatic carboxylic acids is 1. The summed E-state index contributed by atoms with van der Waals surface area (Å²) < 4.78 is 0. The summed E-state index contributed by atoms with van der Waals surface area (Å²) in [5.74, 6) is -1.64. The third kappa shape index (κ3) is 1.97. The van der Waals surface area contributed by atoms with Crippen LogP contribution in [0.2, 0.25) is 0 Å². The first-order valence-corrected chi connectivity index (χ1v) is 6.78. The molecule has 2 N–H and O–H groups in total. The first-order chi connectivity index (χ1) is 8.47. The number of halogens is 1. The Labute approximate surface area is 112 Å². The summed E-state index contributed by atoms with van der Waals surface area (Å²) in [6.07, 6.45) is 0. The number of carbonyl (C=O) groups excluding carboxylic acids is 2. The van der Waals surface area contributed by atoms with Crippen LogP contribution in [0.3, 0.4) is 0 Å². The average molecular weight is 291 g/mol. The van der Waals surface area contributed by atoms with E-state index in [1.54, 1.807) is 6.92 Å². The Balaban J connectivity index is 2.18. The van der Waals surface area contributed by atoms with Gasteiger partial charge in [0, 0.05) is 5.75 Å². The van der Waals surface area contributed by atoms with Crippen LogP contribution < -0.4 is 5.32 Å². The quantitative estimate of drug-likeness (QED) is 0.564. The lowest BCUT2D eigenvalue weighted by Gasteiger charge is -2.49. The summed E-state index contributed by atoms with van der Waals surface area (Å²) >= 11 is 6.79. The zero-order valence-corrected chi connectivity index (χ0v) is 11.0. The Morgan fingerprint density at radius 1 is 1.61 bits per heavy atom. The van der Waals surface area contributed by atoms with E-state index in [1.165, 1.54) is 16.7 Å². The van der Waals surface area contributed by atoms with Gasteiger partial charge >= 0.3 is 5.97 Å². The highest BCUT2D eigenvalue weighted by atomic mass is 35.5. The maximum absolute atomic E-state index is 11.9. The molecule has 0 aliphatic carbocycles. The molecule has 18 heavy (non-hydrogen) atoms. The Hall–Kier alpha value is -1.21.